The summed E-state index contributed by atoms with van der Waals surface area (Å²) in [6, 6.07) is 0.255. The number of aryl methyl sites for hydroxylation is 1. The second-order valence-electron chi connectivity index (χ2n) is 5.19. The molecule has 0 radical (unpaired) electrons. The number of nitrogens with zero attached hydrogens (tertiary/aromatic N) is 3. The van der Waals surface area contributed by atoms with Crippen molar-refractivity contribution in [2.45, 2.75) is 31.8 Å². The molecule has 1 fully saturated rings. The van der Waals surface area contributed by atoms with Crippen LogP contribution in [-0.2, 0) is 11.3 Å². The fourth-order valence-corrected chi connectivity index (χ4v) is 2.27. The number of carbonyl (C=O) groups is 2. The summed E-state index contributed by atoms with van der Waals surface area (Å²) < 4.78 is 1.48. The average Bonchev–Trinajstić information content (AvgIpc) is 2.88. The second-order valence-corrected chi connectivity index (χ2v) is 5.19. The highest BCUT2D eigenvalue weighted by Gasteiger charge is 2.18. The molecule has 0 bridgehead atoms. The molecule has 0 atom stereocenters. The maximum absolute atomic E-state index is 11.8. The minimum atomic E-state index is -1.01. The predicted octanol–water partition coefficient (Wildman–Crippen LogP) is 0.182. The quantitative estimate of drug-likeness (QED) is 0.803. The second kappa shape index (κ2) is 6.51. The summed E-state index contributed by atoms with van der Waals surface area (Å²) in [4.78, 5) is 24.8. The molecule has 1 aromatic heterocycles. The fourth-order valence-electron chi connectivity index (χ4n) is 2.27. The third-order valence-electron chi connectivity index (χ3n) is 3.53. The lowest BCUT2D eigenvalue weighted by Gasteiger charge is -2.29. The first-order valence-corrected chi connectivity index (χ1v) is 6.78. The lowest BCUT2D eigenvalue weighted by Crippen LogP contribution is -2.43. The molecule has 110 valence electrons. The Labute approximate surface area is 117 Å². The average molecular weight is 280 g/mol. The zero-order valence-corrected chi connectivity index (χ0v) is 11.6. The molecule has 0 aromatic carbocycles. The number of carbonyl (C=O) groups excluding carboxylic acids is 1. The van der Waals surface area contributed by atoms with Crippen molar-refractivity contribution < 1.29 is 14.7 Å². The van der Waals surface area contributed by atoms with Gasteiger partial charge in [0, 0.05) is 25.2 Å². The van der Waals surface area contributed by atoms with E-state index in [0.717, 1.165) is 25.9 Å². The van der Waals surface area contributed by atoms with Gasteiger partial charge in [0.2, 0.25) is 5.91 Å². The van der Waals surface area contributed by atoms with E-state index in [9.17, 15) is 9.59 Å². The molecule has 0 unspecified atom stereocenters. The van der Waals surface area contributed by atoms with Crippen molar-refractivity contribution in [2.75, 3.05) is 20.1 Å². The molecule has 7 heteroatoms. The van der Waals surface area contributed by atoms with Crippen molar-refractivity contribution in [3.63, 3.8) is 0 Å². The van der Waals surface area contributed by atoms with Crippen LogP contribution in [0.15, 0.2) is 12.4 Å². The van der Waals surface area contributed by atoms with Gasteiger partial charge < -0.3 is 15.3 Å². The number of hydrogen-bond donors (Lipinski definition) is 2. The van der Waals surface area contributed by atoms with Crippen LogP contribution in [0.1, 0.15) is 29.6 Å². The molecule has 1 aliphatic rings. The van der Waals surface area contributed by atoms with E-state index in [1.807, 2.05) is 0 Å². The number of aromatic carboxylic acids is 1. The van der Waals surface area contributed by atoms with Gasteiger partial charge in [0.05, 0.1) is 11.8 Å². The van der Waals surface area contributed by atoms with E-state index in [1.165, 1.54) is 17.1 Å². The van der Waals surface area contributed by atoms with Crippen LogP contribution in [-0.4, -0.2) is 57.8 Å². The van der Waals surface area contributed by atoms with E-state index in [1.54, 1.807) is 0 Å². The minimum Gasteiger partial charge on any atom is -0.478 e. The summed E-state index contributed by atoms with van der Waals surface area (Å²) in [7, 11) is 2.08. The van der Waals surface area contributed by atoms with Crippen LogP contribution in [0.25, 0.3) is 0 Å². The largest absolute Gasteiger partial charge is 0.478 e. The Kier molecular flexibility index (Phi) is 4.73. The minimum absolute atomic E-state index is 0.00747. The zero-order valence-electron chi connectivity index (χ0n) is 11.6. The first-order valence-electron chi connectivity index (χ1n) is 6.78. The normalized spacial score (nSPS) is 17.1. The van der Waals surface area contributed by atoms with E-state index >= 15 is 0 Å². The topological polar surface area (TPSA) is 87.5 Å². The zero-order chi connectivity index (χ0) is 14.5. The van der Waals surface area contributed by atoms with Gasteiger partial charge in [-0.1, -0.05) is 0 Å². The monoisotopic (exact) mass is 280 g/mol. The van der Waals surface area contributed by atoms with Crippen LogP contribution in [0.5, 0.6) is 0 Å². The van der Waals surface area contributed by atoms with Crippen molar-refractivity contribution in [3.8, 4) is 0 Å². The molecule has 1 aliphatic heterocycles. The molecule has 2 N–H and O–H groups in total. The highest BCUT2D eigenvalue weighted by Crippen LogP contribution is 2.08. The van der Waals surface area contributed by atoms with Crippen LogP contribution in [0.3, 0.4) is 0 Å². The molecule has 7 nitrogen and oxygen atoms in total. The van der Waals surface area contributed by atoms with E-state index < -0.39 is 5.97 Å². The Morgan fingerprint density at radius 1 is 1.45 bits per heavy atom. The molecule has 20 heavy (non-hydrogen) atoms. The number of likely N-dealkylation sites (tertiary alicyclic amines) is 1. The van der Waals surface area contributed by atoms with Crippen molar-refractivity contribution in [3.05, 3.63) is 18.0 Å². The van der Waals surface area contributed by atoms with Gasteiger partial charge in [-0.05, 0) is 33.0 Å². The van der Waals surface area contributed by atoms with Gasteiger partial charge in [-0.25, -0.2) is 4.79 Å². The van der Waals surface area contributed by atoms with E-state index in [0.29, 0.717) is 13.0 Å². The van der Waals surface area contributed by atoms with Crippen molar-refractivity contribution >= 4 is 11.9 Å². The summed E-state index contributed by atoms with van der Waals surface area (Å²) >= 11 is 0. The number of aromatic nitrogens is 2. The smallest absolute Gasteiger partial charge is 0.338 e. The Balaban J connectivity index is 1.73. The summed E-state index contributed by atoms with van der Waals surface area (Å²) in [6.45, 7) is 2.41. The van der Waals surface area contributed by atoms with Crippen LogP contribution in [0, 0.1) is 0 Å². The van der Waals surface area contributed by atoms with Crippen LogP contribution < -0.4 is 5.32 Å². The first-order chi connectivity index (χ1) is 9.54. The SMILES string of the molecule is CN1CCC(NC(=O)CCn2cc(C(=O)O)cn2)CC1. The standard InChI is InChI=1S/C13H20N4O3/c1-16-5-2-11(3-6-16)15-12(18)4-7-17-9-10(8-14-17)13(19)20/h8-9,11H,2-7H2,1H3,(H,15,18)(H,19,20). The Morgan fingerprint density at radius 2 is 2.15 bits per heavy atom. The van der Waals surface area contributed by atoms with Crippen LogP contribution >= 0.6 is 0 Å². The van der Waals surface area contributed by atoms with Gasteiger partial charge in [0.1, 0.15) is 0 Å². The third-order valence-corrected chi connectivity index (χ3v) is 3.53. The van der Waals surface area contributed by atoms with E-state index in [2.05, 4.69) is 22.4 Å². The Hall–Kier alpha value is -1.89. The van der Waals surface area contributed by atoms with Gasteiger partial charge in [-0.2, -0.15) is 5.10 Å². The van der Waals surface area contributed by atoms with Gasteiger partial charge in [0.15, 0.2) is 0 Å². The molecular formula is C13H20N4O3. The van der Waals surface area contributed by atoms with Crippen molar-refractivity contribution in [1.29, 1.82) is 0 Å². The lowest BCUT2D eigenvalue weighted by atomic mass is 10.1. The number of carboxylic acids is 1. The highest BCUT2D eigenvalue weighted by atomic mass is 16.4. The summed E-state index contributed by atoms with van der Waals surface area (Å²) in [5, 5.41) is 15.7. The van der Waals surface area contributed by atoms with E-state index in [4.69, 9.17) is 5.11 Å². The molecule has 2 heterocycles. The molecule has 1 saturated heterocycles. The number of nitrogens with one attached hydrogen (secondary N) is 1. The molecule has 0 aliphatic carbocycles. The lowest BCUT2D eigenvalue weighted by molar-refractivity contribution is -0.122. The number of amides is 1. The summed E-state index contributed by atoms with van der Waals surface area (Å²) in [5.41, 5.74) is 0.140. The molecule has 0 spiro atoms. The number of carboxylic acid groups (broad SMARTS) is 1. The Bertz CT molecular complexity index is 478. The molecule has 1 amide bonds. The number of rotatable bonds is 5. The molecule has 1 aromatic rings. The first kappa shape index (κ1) is 14.5. The van der Waals surface area contributed by atoms with Gasteiger partial charge in [-0.3, -0.25) is 9.48 Å². The van der Waals surface area contributed by atoms with Gasteiger partial charge >= 0.3 is 5.97 Å². The molecular weight excluding hydrogens is 260 g/mol. The number of piperidine rings is 1. The third kappa shape index (κ3) is 4.06. The maximum Gasteiger partial charge on any atom is 0.338 e. The van der Waals surface area contributed by atoms with Crippen molar-refractivity contribution in [2.24, 2.45) is 0 Å². The van der Waals surface area contributed by atoms with Crippen molar-refractivity contribution in [1.82, 2.24) is 20.0 Å². The summed E-state index contributed by atoms with van der Waals surface area (Å²) in [5.74, 6) is -1.01. The Morgan fingerprint density at radius 3 is 2.75 bits per heavy atom. The molecule has 2 rings (SSSR count). The molecule has 0 saturated carbocycles. The highest BCUT2D eigenvalue weighted by molar-refractivity contribution is 5.86. The predicted molar refractivity (Wildman–Crippen MR) is 72.5 cm³/mol. The maximum atomic E-state index is 11.8. The number of hydrogen-bond acceptors (Lipinski definition) is 4. The van der Waals surface area contributed by atoms with E-state index in [-0.39, 0.29) is 17.5 Å². The van der Waals surface area contributed by atoms with Crippen LogP contribution in [0.4, 0.5) is 0 Å². The van der Waals surface area contributed by atoms with Gasteiger partial charge in [0.25, 0.3) is 0 Å². The van der Waals surface area contributed by atoms with Gasteiger partial charge in [-0.15, -0.1) is 0 Å². The summed E-state index contributed by atoms with van der Waals surface area (Å²) in [6.07, 6.45) is 5.00. The van der Waals surface area contributed by atoms with Crippen LogP contribution in [0.2, 0.25) is 0 Å². The fraction of sp³-hybridized carbons (Fsp3) is 0.615.